The number of rotatable bonds is 58. The lowest BCUT2D eigenvalue weighted by molar-refractivity contribution is -0.336. The minimum Gasteiger partial charge on any atom is -0.479 e. The third-order valence-electron chi connectivity index (χ3n) is 19.5. The number of carbonyl (C=O) groups is 8. The van der Waals surface area contributed by atoms with Gasteiger partial charge in [-0.3, -0.25) is 37.9 Å². The van der Waals surface area contributed by atoms with E-state index in [0.717, 1.165) is 149 Å². The van der Waals surface area contributed by atoms with E-state index in [2.05, 4.69) is 29.6 Å². The minimum atomic E-state index is -5.28. The molecule has 4 aliphatic rings. The Morgan fingerprint density at radius 3 is 1.02 bits per heavy atom. The van der Waals surface area contributed by atoms with E-state index in [9.17, 15) is 105 Å². The molecular formula is C71H124N4O32S2. The molecular weight excluding hydrogens is 1480 g/mol. The van der Waals surface area contributed by atoms with Crippen LogP contribution in [0.1, 0.15) is 252 Å². The molecule has 4 rings (SSSR count). The molecule has 632 valence electrons. The molecule has 0 saturated carbocycles. The van der Waals surface area contributed by atoms with Crippen molar-refractivity contribution in [1.29, 1.82) is 0 Å². The molecule has 20 atom stereocenters. The van der Waals surface area contributed by atoms with E-state index in [1.807, 2.05) is 0 Å². The summed E-state index contributed by atoms with van der Waals surface area (Å²) in [7, 11) is -10.6. The van der Waals surface area contributed by atoms with Gasteiger partial charge in [0.25, 0.3) is 0 Å². The second-order valence-corrected chi connectivity index (χ2v) is 30.8. The van der Waals surface area contributed by atoms with Gasteiger partial charge in [-0.05, 0) is 77.6 Å². The molecule has 4 aliphatic heterocycles. The van der Waals surface area contributed by atoms with E-state index in [1.165, 1.54) is 6.92 Å². The molecule has 36 nitrogen and oxygen atoms in total. The molecule has 0 spiro atoms. The maximum atomic E-state index is 12.5. The van der Waals surface area contributed by atoms with Gasteiger partial charge in [0.2, 0.25) is 23.6 Å². The van der Waals surface area contributed by atoms with Crippen LogP contribution in [-0.4, -0.2) is 263 Å². The summed E-state index contributed by atoms with van der Waals surface area (Å²) in [6.07, 6.45) is -5.14. The van der Waals surface area contributed by atoms with Crippen LogP contribution < -0.4 is 21.3 Å². The molecule has 20 unspecified atom stereocenters. The number of ketones is 2. The maximum absolute atomic E-state index is 12.5. The van der Waals surface area contributed by atoms with Gasteiger partial charge in [-0.1, -0.05) is 122 Å². The Morgan fingerprint density at radius 2 is 0.688 bits per heavy atom. The van der Waals surface area contributed by atoms with Gasteiger partial charge in [0.15, 0.2) is 49.6 Å². The van der Waals surface area contributed by atoms with Crippen LogP contribution in [0.3, 0.4) is 0 Å². The number of nitrogens with one attached hydrogen (secondary N) is 4. The number of aliphatic hydroxyl groups is 6. The first kappa shape index (κ1) is 96.7. The molecule has 109 heavy (non-hydrogen) atoms. The van der Waals surface area contributed by atoms with Crippen molar-refractivity contribution in [1.82, 2.24) is 21.3 Å². The Bertz CT molecular complexity index is 2940. The average Bonchev–Trinajstić information content (AvgIpc) is 0.778. The molecule has 14 N–H and O–H groups in total. The molecule has 0 aliphatic carbocycles. The number of aliphatic hydroxyl groups excluding tert-OH is 6. The Kier molecular flexibility index (Phi) is 46.1. The zero-order valence-corrected chi connectivity index (χ0v) is 65.0. The van der Waals surface area contributed by atoms with Crippen molar-refractivity contribution < 1.29 is 151 Å². The summed E-state index contributed by atoms with van der Waals surface area (Å²) in [5.74, 6) is -4.20. The quantitative estimate of drug-likeness (QED) is 0.0306. The number of unbranched alkanes of at least 4 members (excludes halogenated alkanes) is 23. The lowest BCUT2D eigenvalue weighted by Crippen LogP contribution is -2.68. The van der Waals surface area contributed by atoms with Crippen LogP contribution in [0.5, 0.6) is 0 Å². The Balaban J connectivity index is 0.898. The highest BCUT2D eigenvalue weighted by Crippen LogP contribution is 2.35. The van der Waals surface area contributed by atoms with E-state index in [1.54, 1.807) is 6.92 Å². The van der Waals surface area contributed by atoms with Crippen LogP contribution in [-0.2, 0) is 105 Å². The normalized spacial score (nSPS) is 28.7. The number of carboxylic acid groups (broad SMARTS) is 2. The van der Waals surface area contributed by atoms with Crippen molar-refractivity contribution in [3.05, 3.63) is 0 Å². The van der Waals surface area contributed by atoms with Gasteiger partial charge < -0.3 is 100 Å². The molecule has 0 aromatic heterocycles. The number of hydrogen-bond donors (Lipinski definition) is 14. The zero-order valence-electron chi connectivity index (χ0n) is 63.4. The lowest BCUT2D eigenvalue weighted by Gasteiger charge is -2.47. The van der Waals surface area contributed by atoms with E-state index in [-0.39, 0.29) is 37.2 Å². The zero-order chi connectivity index (χ0) is 80.6. The van der Waals surface area contributed by atoms with Crippen LogP contribution in [0.2, 0.25) is 0 Å². The number of ether oxygens (including phenoxy) is 8. The molecule has 4 heterocycles. The highest BCUT2D eigenvalue weighted by Gasteiger charge is 2.57. The summed E-state index contributed by atoms with van der Waals surface area (Å²) in [4.78, 5) is 98.3. The second-order valence-electron chi connectivity index (χ2n) is 28.7. The summed E-state index contributed by atoms with van der Waals surface area (Å²) < 4.78 is 121. The van der Waals surface area contributed by atoms with E-state index in [0.29, 0.717) is 102 Å². The molecule has 4 fully saturated rings. The number of aliphatic carboxylic acids is 2. The molecule has 0 radical (unpaired) electrons. The first-order valence-electron chi connectivity index (χ1n) is 38.9. The summed E-state index contributed by atoms with van der Waals surface area (Å²) >= 11 is 0. The topological polar surface area (TPSA) is 548 Å². The van der Waals surface area contributed by atoms with Gasteiger partial charge in [-0.2, -0.15) is 16.8 Å². The number of amides is 4. The van der Waals surface area contributed by atoms with E-state index in [4.69, 9.17) is 37.9 Å². The van der Waals surface area contributed by atoms with Crippen molar-refractivity contribution >= 4 is 67.9 Å². The molecule has 0 aromatic carbocycles. The average molecular weight is 1610 g/mol. The number of Topliss-reactive ketones (excluding diaryl/α,β-unsaturated/α-hetero) is 2. The van der Waals surface area contributed by atoms with Crippen LogP contribution in [0.15, 0.2) is 0 Å². The summed E-state index contributed by atoms with van der Waals surface area (Å²) in [6, 6.07) is -2.92. The third-order valence-corrected chi connectivity index (χ3v) is 20.4. The predicted molar refractivity (Wildman–Crippen MR) is 385 cm³/mol. The van der Waals surface area contributed by atoms with Crippen molar-refractivity contribution in [3.63, 3.8) is 0 Å². The Labute approximate surface area is 639 Å². The van der Waals surface area contributed by atoms with Gasteiger partial charge in [0, 0.05) is 78.7 Å². The second kappa shape index (κ2) is 52.0. The number of hydrogen-bond acceptors (Lipinski definition) is 28. The van der Waals surface area contributed by atoms with E-state index >= 15 is 0 Å². The Morgan fingerprint density at radius 1 is 0.376 bits per heavy atom. The van der Waals surface area contributed by atoms with Gasteiger partial charge in [0.1, 0.15) is 72.5 Å². The van der Waals surface area contributed by atoms with Crippen LogP contribution >= 0.6 is 0 Å². The molecule has 0 bridgehead atoms. The standard InChI is InChI=1S/C71H124N4O32S2/c1-5-49-55(83)57(85)53(75-46(4)77)69(101-49)103-61-59(87)63(107-109(95,96)97)71(105-65(61)67(90)91)98-42-32-22-13-17-27-37-48(79)36-26-16-11-10-15-25-35-47(78)34-24-14-8-6-7-9-18-28-38-50(80)72-40-30-20-12-19-29-39-51(81)73-41-31-21-23-33-43-99-70-62(106-108(92,93)94)58(86)60(64(104-70)66(88)89)102-68-52(74-45(3)76)56(84)54(82)44(2)100-68/h44,49,52-65,68-71,82-87H,5-43H2,1-4H3,(H,72,80)(H,73,81)(H,74,76)(H,75,77)(H,88,89)(H,90,91)(H,92,93,94)(H,95,96,97). The molecule has 4 saturated heterocycles. The Hall–Kier alpha value is -4.66. The van der Waals surface area contributed by atoms with Crippen molar-refractivity contribution in [3.8, 4) is 0 Å². The van der Waals surface area contributed by atoms with Gasteiger partial charge in [0.05, 0.1) is 12.2 Å². The van der Waals surface area contributed by atoms with E-state index < -0.39 is 167 Å². The number of carboxylic acids is 2. The van der Waals surface area contributed by atoms with Gasteiger partial charge in [-0.15, -0.1) is 0 Å². The SMILES string of the molecule is CCC1OC(OC2C(C(=O)O)OC(OCCCCCCCC(=O)CCCCCCCCC(=O)CCCCCCCCCCC(=O)NCCCCCCCC(=O)NCCCCCCOC3OC(C(=O)O)C(OC4OC(C)C(O)C(O)C4NC(C)=O)C(O)C3OS(=O)(=O)O)C(OS(=O)(=O)O)C2O)C(NC(C)=O)C(O)C1O. The van der Waals surface area contributed by atoms with Gasteiger partial charge in [-0.25, -0.2) is 18.0 Å². The van der Waals surface area contributed by atoms with Crippen LogP contribution in [0.4, 0.5) is 0 Å². The summed E-state index contributed by atoms with van der Waals surface area (Å²) in [5, 5.41) is 95.3. The highest BCUT2D eigenvalue weighted by atomic mass is 32.3. The summed E-state index contributed by atoms with van der Waals surface area (Å²) in [5.41, 5.74) is 0. The van der Waals surface area contributed by atoms with Crippen LogP contribution in [0.25, 0.3) is 0 Å². The largest absolute Gasteiger partial charge is 0.479 e. The van der Waals surface area contributed by atoms with Crippen molar-refractivity contribution in [2.45, 2.75) is 375 Å². The fourth-order valence-corrected chi connectivity index (χ4v) is 14.5. The molecule has 4 amide bonds. The molecule has 38 heteroatoms. The summed E-state index contributed by atoms with van der Waals surface area (Å²) in [6.45, 7) is 6.02. The third kappa shape index (κ3) is 37.5. The minimum absolute atomic E-state index is 0.0552. The number of carbonyl (C=O) groups excluding carboxylic acids is 6. The fourth-order valence-electron chi connectivity index (χ4n) is 13.5. The molecule has 0 aromatic rings. The maximum Gasteiger partial charge on any atom is 0.397 e. The highest BCUT2D eigenvalue weighted by molar-refractivity contribution is 7.81. The van der Waals surface area contributed by atoms with Crippen LogP contribution in [0, 0.1) is 0 Å². The lowest BCUT2D eigenvalue weighted by atomic mass is 9.94. The van der Waals surface area contributed by atoms with Gasteiger partial charge >= 0.3 is 32.7 Å². The predicted octanol–water partition coefficient (Wildman–Crippen LogP) is 3.47. The van der Waals surface area contributed by atoms with Crippen molar-refractivity contribution in [2.24, 2.45) is 0 Å². The fraction of sp³-hybridized carbons (Fsp3) is 0.887. The monoisotopic (exact) mass is 1610 g/mol. The smallest absolute Gasteiger partial charge is 0.397 e. The first-order valence-corrected chi connectivity index (χ1v) is 41.6. The van der Waals surface area contributed by atoms with Crippen molar-refractivity contribution in [2.75, 3.05) is 26.3 Å². The first-order chi connectivity index (χ1) is 51.7.